The Hall–Kier alpha value is -1.64. The molecule has 0 saturated carbocycles. The van der Waals surface area contributed by atoms with Crippen LogP contribution in [0.15, 0.2) is 30.3 Å². The average molecular weight is 231 g/mol. The van der Waals surface area contributed by atoms with Crippen LogP contribution in [0.1, 0.15) is 24.8 Å². The zero-order valence-electron chi connectivity index (χ0n) is 9.89. The lowest BCUT2D eigenvalue weighted by atomic mass is 10.1. The van der Waals surface area contributed by atoms with E-state index in [1.54, 1.807) is 4.90 Å². The van der Waals surface area contributed by atoms with Crippen LogP contribution in [0.25, 0.3) is 0 Å². The van der Waals surface area contributed by atoms with Gasteiger partial charge in [-0.15, -0.1) is 0 Å². The minimum atomic E-state index is -0.312. The van der Waals surface area contributed by atoms with Crippen molar-refractivity contribution < 1.29 is 9.59 Å². The molecule has 1 saturated heterocycles. The van der Waals surface area contributed by atoms with Crippen LogP contribution in [0.5, 0.6) is 0 Å². The molecule has 2 rings (SSSR count). The summed E-state index contributed by atoms with van der Waals surface area (Å²) in [5.74, 6) is -0.605. The fourth-order valence-electron chi connectivity index (χ4n) is 2.13. The lowest BCUT2D eigenvalue weighted by Gasteiger charge is -2.25. The predicted octanol–water partition coefficient (Wildman–Crippen LogP) is 1.81. The van der Waals surface area contributed by atoms with E-state index in [1.165, 1.54) is 0 Å². The number of amides is 1. The topological polar surface area (TPSA) is 37.4 Å². The van der Waals surface area contributed by atoms with Crippen molar-refractivity contribution in [2.75, 3.05) is 13.1 Å². The fraction of sp³-hybridized carbons (Fsp3) is 0.429. The quantitative estimate of drug-likeness (QED) is 0.744. The van der Waals surface area contributed by atoms with Gasteiger partial charge in [0.1, 0.15) is 0 Å². The molecule has 90 valence electrons. The van der Waals surface area contributed by atoms with E-state index in [0.29, 0.717) is 0 Å². The number of likely N-dealkylation sites (tertiary alicyclic amines) is 1. The summed E-state index contributed by atoms with van der Waals surface area (Å²) in [5, 5.41) is 0. The van der Waals surface area contributed by atoms with E-state index in [2.05, 4.69) is 0 Å². The zero-order chi connectivity index (χ0) is 12.1. The summed E-state index contributed by atoms with van der Waals surface area (Å²) in [6.07, 6.45) is 3.42. The Bertz CT molecular complexity index is 394. The minimum absolute atomic E-state index is 0.218. The van der Waals surface area contributed by atoms with Gasteiger partial charge >= 0.3 is 0 Å². The second-order valence-electron chi connectivity index (χ2n) is 4.44. The van der Waals surface area contributed by atoms with Crippen LogP contribution in [-0.4, -0.2) is 29.7 Å². The molecule has 1 heterocycles. The van der Waals surface area contributed by atoms with E-state index < -0.39 is 0 Å². The highest BCUT2D eigenvalue weighted by Gasteiger charge is 2.22. The Balaban J connectivity index is 1.93. The van der Waals surface area contributed by atoms with Gasteiger partial charge in [0.2, 0.25) is 5.78 Å². The first kappa shape index (κ1) is 11.8. The second kappa shape index (κ2) is 5.62. The molecule has 17 heavy (non-hydrogen) atoms. The highest BCUT2D eigenvalue weighted by Crippen LogP contribution is 2.10. The molecule has 0 atom stereocenters. The highest BCUT2D eigenvalue weighted by atomic mass is 16.2. The van der Waals surface area contributed by atoms with Crippen LogP contribution in [0.4, 0.5) is 0 Å². The van der Waals surface area contributed by atoms with Gasteiger partial charge in [0.05, 0.1) is 0 Å². The van der Waals surface area contributed by atoms with Crippen molar-refractivity contribution in [1.29, 1.82) is 0 Å². The minimum Gasteiger partial charge on any atom is -0.336 e. The second-order valence-corrected chi connectivity index (χ2v) is 4.44. The van der Waals surface area contributed by atoms with Gasteiger partial charge in [0.15, 0.2) is 0 Å². The third kappa shape index (κ3) is 3.16. The van der Waals surface area contributed by atoms with Gasteiger partial charge in [-0.2, -0.15) is 0 Å². The number of benzene rings is 1. The fourth-order valence-corrected chi connectivity index (χ4v) is 2.13. The maximum absolute atomic E-state index is 11.9. The summed E-state index contributed by atoms with van der Waals surface area (Å²) in [7, 11) is 0. The molecule has 0 aromatic heterocycles. The number of nitrogens with zero attached hydrogens (tertiary/aromatic N) is 1. The number of carbonyl (C=O) groups is 2. The van der Waals surface area contributed by atoms with E-state index in [4.69, 9.17) is 0 Å². The van der Waals surface area contributed by atoms with Crippen molar-refractivity contribution >= 4 is 11.7 Å². The number of piperidine rings is 1. The van der Waals surface area contributed by atoms with Gasteiger partial charge in [-0.1, -0.05) is 30.3 Å². The molecule has 0 radical (unpaired) electrons. The number of rotatable bonds is 3. The number of Topliss-reactive ketones (excluding diaryl/α,β-unsaturated/α-hetero) is 1. The van der Waals surface area contributed by atoms with E-state index in [-0.39, 0.29) is 18.1 Å². The van der Waals surface area contributed by atoms with Crippen molar-refractivity contribution in [3.05, 3.63) is 35.9 Å². The lowest BCUT2D eigenvalue weighted by molar-refractivity contribution is -0.144. The number of ketones is 1. The SMILES string of the molecule is O=C(Cc1ccccc1)C(=O)N1CCCCC1. The van der Waals surface area contributed by atoms with Gasteiger partial charge < -0.3 is 4.90 Å². The molecular formula is C14H17NO2. The Labute approximate surface area is 101 Å². The maximum atomic E-state index is 11.9. The molecule has 0 spiro atoms. The Morgan fingerprint density at radius 3 is 2.29 bits per heavy atom. The van der Waals surface area contributed by atoms with Crippen molar-refractivity contribution in [2.45, 2.75) is 25.7 Å². The van der Waals surface area contributed by atoms with Crippen LogP contribution in [0, 0.1) is 0 Å². The van der Waals surface area contributed by atoms with Crippen LogP contribution < -0.4 is 0 Å². The Morgan fingerprint density at radius 1 is 1.00 bits per heavy atom. The molecule has 0 aliphatic carbocycles. The molecule has 1 aliphatic heterocycles. The van der Waals surface area contributed by atoms with Crippen molar-refractivity contribution in [3.63, 3.8) is 0 Å². The van der Waals surface area contributed by atoms with Gasteiger partial charge in [-0.3, -0.25) is 9.59 Å². The largest absolute Gasteiger partial charge is 0.336 e. The molecule has 0 unspecified atom stereocenters. The molecule has 1 fully saturated rings. The van der Waals surface area contributed by atoms with Crippen LogP contribution in [0.2, 0.25) is 0 Å². The number of hydrogen-bond donors (Lipinski definition) is 0. The molecule has 3 nitrogen and oxygen atoms in total. The molecule has 1 aromatic rings. The monoisotopic (exact) mass is 231 g/mol. The normalized spacial score (nSPS) is 15.6. The lowest BCUT2D eigenvalue weighted by Crippen LogP contribution is -2.40. The summed E-state index contributed by atoms with van der Waals surface area (Å²) in [5.41, 5.74) is 0.905. The first-order valence-electron chi connectivity index (χ1n) is 6.13. The number of hydrogen-bond acceptors (Lipinski definition) is 2. The highest BCUT2D eigenvalue weighted by molar-refractivity contribution is 6.36. The molecule has 0 bridgehead atoms. The maximum Gasteiger partial charge on any atom is 0.290 e. The first-order chi connectivity index (χ1) is 8.27. The van der Waals surface area contributed by atoms with Gasteiger partial charge in [0, 0.05) is 19.5 Å². The third-order valence-corrected chi connectivity index (χ3v) is 3.09. The summed E-state index contributed by atoms with van der Waals surface area (Å²) in [6, 6.07) is 9.42. The summed E-state index contributed by atoms with van der Waals surface area (Å²) < 4.78 is 0. The van der Waals surface area contributed by atoms with E-state index >= 15 is 0 Å². The average Bonchev–Trinajstić information content (AvgIpc) is 2.40. The van der Waals surface area contributed by atoms with Crippen LogP contribution >= 0.6 is 0 Å². The zero-order valence-corrected chi connectivity index (χ0v) is 9.89. The van der Waals surface area contributed by atoms with Gasteiger partial charge in [-0.25, -0.2) is 0 Å². The molecule has 1 aliphatic rings. The molecule has 1 aromatic carbocycles. The first-order valence-corrected chi connectivity index (χ1v) is 6.13. The standard InChI is InChI=1S/C14H17NO2/c16-13(11-12-7-3-1-4-8-12)14(17)15-9-5-2-6-10-15/h1,3-4,7-8H,2,5-6,9-11H2. The molecular weight excluding hydrogens is 214 g/mol. The predicted molar refractivity (Wildman–Crippen MR) is 65.6 cm³/mol. The molecule has 1 amide bonds. The summed E-state index contributed by atoms with van der Waals surface area (Å²) in [6.45, 7) is 1.47. The van der Waals surface area contributed by atoms with Crippen molar-refractivity contribution in [2.24, 2.45) is 0 Å². The van der Waals surface area contributed by atoms with Gasteiger partial charge in [0.25, 0.3) is 5.91 Å². The Morgan fingerprint density at radius 2 is 1.65 bits per heavy atom. The van der Waals surface area contributed by atoms with Gasteiger partial charge in [-0.05, 0) is 24.8 Å². The molecule has 0 N–H and O–H groups in total. The summed E-state index contributed by atoms with van der Waals surface area (Å²) in [4.78, 5) is 25.4. The Kier molecular flexibility index (Phi) is 3.91. The smallest absolute Gasteiger partial charge is 0.290 e. The number of carbonyl (C=O) groups excluding carboxylic acids is 2. The van der Waals surface area contributed by atoms with Crippen LogP contribution in [0.3, 0.4) is 0 Å². The van der Waals surface area contributed by atoms with E-state index in [9.17, 15) is 9.59 Å². The van der Waals surface area contributed by atoms with E-state index in [0.717, 1.165) is 37.9 Å². The van der Waals surface area contributed by atoms with Crippen molar-refractivity contribution in [1.82, 2.24) is 4.90 Å². The van der Waals surface area contributed by atoms with E-state index in [1.807, 2.05) is 30.3 Å². The van der Waals surface area contributed by atoms with Crippen molar-refractivity contribution in [3.8, 4) is 0 Å². The molecule has 3 heteroatoms. The van der Waals surface area contributed by atoms with Crippen LogP contribution in [-0.2, 0) is 16.0 Å². The summed E-state index contributed by atoms with van der Waals surface area (Å²) >= 11 is 0. The third-order valence-electron chi connectivity index (χ3n) is 3.09.